The minimum Gasteiger partial charge on any atom is -0.508 e. The lowest BCUT2D eigenvalue weighted by atomic mass is 10.1. The molecule has 2 aromatic carbocycles. The molecule has 0 aromatic heterocycles. The van der Waals surface area contributed by atoms with Crippen LogP contribution in [0.4, 0.5) is 0 Å². The number of aromatic hydroxyl groups is 1. The van der Waals surface area contributed by atoms with Crippen molar-refractivity contribution in [1.82, 2.24) is 5.32 Å². The molecular weight excluding hydrogens is 258 g/mol. The molecule has 1 unspecified atom stereocenters. The van der Waals surface area contributed by atoms with Gasteiger partial charge in [-0.25, -0.2) is 0 Å². The van der Waals surface area contributed by atoms with Crippen LogP contribution >= 0.6 is 11.6 Å². The maximum absolute atomic E-state index is 9.26. The molecule has 2 aromatic rings. The minimum atomic E-state index is 0.310. The fourth-order valence-electron chi connectivity index (χ4n) is 2.65. The summed E-state index contributed by atoms with van der Waals surface area (Å²) in [7, 11) is 0. The molecule has 0 saturated carbocycles. The highest BCUT2D eigenvalue weighted by atomic mass is 35.5. The normalized spacial score (nSPS) is 17.4. The van der Waals surface area contributed by atoms with Gasteiger partial charge in [0.25, 0.3) is 0 Å². The van der Waals surface area contributed by atoms with Gasteiger partial charge in [0, 0.05) is 17.6 Å². The van der Waals surface area contributed by atoms with Gasteiger partial charge in [-0.3, -0.25) is 0 Å². The Morgan fingerprint density at radius 2 is 1.95 bits per heavy atom. The summed E-state index contributed by atoms with van der Waals surface area (Å²) < 4.78 is 0. The maximum Gasteiger partial charge on any atom is 0.115 e. The number of rotatable bonds is 3. The van der Waals surface area contributed by atoms with E-state index in [1.165, 1.54) is 16.7 Å². The molecule has 19 heavy (non-hydrogen) atoms. The Hall–Kier alpha value is -1.51. The molecule has 3 heteroatoms. The SMILES string of the molecule is Oc1ccc(CNC2CCc3cc(Cl)ccc32)cc1. The molecule has 0 saturated heterocycles. The van der Waals surface area contributed by atoms with Crippen molar-refractivity contribution in [2.24, 2.45) is 0 Å². The van der Waals surface area contributed by atoms with Crippen LogP contribution in [0.25, 0.3) is 0 Å². The van der Waals surface area contributed by atoms with Crippen molar-refractivity contribution in [1.29, 1.82) is 0 Å². The van der Waals surface area contributed by atoms with E-state index in [0.29, 0.717) is 11.8 Å². The molecule has 3 rings (SSSR count). The maximum atomic E-state index is 9.26. The highest BCUT2D eigenvalue weighted by Crippen LogP contribution is 2.33. The van der Waals surface area contributed by atoms with Crippen LogP contribution in [0.1, 0.15) is 29.2 Å². The largest absolute Gasteiger partial charge is 0.508 e. The van der Waals surface area contributed by atoms with Gasteiger partial charge in [-0.05, 0) is 53.8 Å². The number of phenolic OH excluding ortho intramolecular Hbond substituents is 1. The summed E-state index contributed by atoms with van der Waals surface area (Å²) in [5, 5.41) is 13.6. The van der Waals surface area contributed by atoms with Crippen LogP contribution in [0, 0.1) is 0 Å². The predicted molar refractivity (Wildman–Crippen MR) is 77.5 cm³/mol. The zero-order valence-electron chi connectivity index (χ0n) is 10.6. The molecule has 0 amide bonds. The highest BCUT2D eigenvalue weighted by Gasteiger charge is 2.21. The highest BCUT2D eigenvalue weighted by molar-refractivity contribution is 6.30. The zero-order valence-corrected chi connectivity index (χ0v) is 11.3. The van der Waals surface area contributed by atoms with E-state index in [-0.39, 0.29) is 0 Å². The van der Waals surface area contributed by atoms with E-state index in [2.05, 4.69) is 17.4 Å². The first-order valence-corrected chi connectivity index (χ1v) is 6.90. The molecule has 0 spiro atoms. The number of phenols is 1. The summed E-state index contributed by atoms with van der Waals surface area (Å²) in [6.45, 7) is 0.813. The summed E-state index contributed by atoms with van der Waals surface area (Å²) in [6, 6.07) is 13.9. The number of hydrogen-bond donors (Lipinski definition) is 2. The van der Waals surface area contributed by atoms with E-state index in [1.807, 2.05) is 18.2 Å². The lowest BCUT2D eigenvalue weighted by Gasteiger charge is -2.14. The number of halogens is 1. The Labute approximate surface area is 118 Å². The van der Waals surface area contributed by atoms with Crippen LogP contribution in [0.15, 0.2) is 42.5 Å². The quantitative estimate of drug-likeness (QED) is 0.891. The fourth-order valence-corrected chi connectivity index (χ4v) is 2.85. The Balaban J connectivity index is 1.68. The first kappa shape index (κ1) is 12.5. The number of fused-ring (bicyclic) bond motifs is 1. The van der Waals surface area contributed by atoms with Gasteiger partial charge < -0.3 is 10.4 Å². The van der Waals surface area contributed by atoms with Crippen molar-refractivity contribution < 1.29 is 5.11 Å². The second kappa shape index (κ2) is 5.24. The Morgan fingerprint density at radius 1 is 1.16 bits per heavy atom. The number of aryl methyl sites for hydroxylation is 1. The van der Waals surface area contributed by atoms with E-state index in [4.69, 9.17) is 11.6 Å². The number of benzene rings is 2. The fraction of sp³-hybridized carbons (Fsp3) is 0.250. The van der Waals surface area contributed by atoms with Gasteiger partial charge in [0.1, 0.15) is 5.75 Å². The Bertz CT molecular complexity index is 580. The summed E-state index contributed by atoms with van der Waals surface area (Å²) in [6.07, 6.45) is 2.21. The third-order valence-electron chi connectivity index (χ3n) is 3.67. The Morgan fingerprint density at radius 3 is 2.74 bits per heavy atom. The summed E-state index contributed by atoms with van der Waals surface area (Å²) in [5.41, 5.74) is 3.90. The van der Waals surface area contributed by atoms with Crippen LogP contribution in [-0.2, 0) is 13.0 Å². The van der Waals surface area contributed by atoms with Crippen LogP contribution in [0.5, 0.6) is 5.75 Å². The van der Waals surface area contributed by atoms with Crippen molar-refractivity contribution in [3.8, 4) is 5.75 Å². The van der Waals surface area contributed by atoms with E-state index in [9.17, 15) is 5.11 Å². The molecule has 1 aliphatic rings. The number of nitrogens with one attached hydrogen (secondary N) is 1. The molecule has 1 atom stereocenters. The van der Waals surface area contributed by atoms with Gasteiger partial charge in [0.2, 0.25) is 0 Å². The molecule has 2 N–H and O–H groups in total. The standard InChI is InChI=1S/C16H16ClNO/c17-13-4-7-15-12(9-13)3-8-16(15)18-10-11-1-5-14(19)6-2-11/h1-2,4-7,9,16,18-19H,3,8,10H2. The summed E-state index contributed by atoms with van der Waals surface area (Å²) in [5.74, 6) is 0.310. The van der Waals surface area contributed by atoms with E-state index < -0.39 is 0 Å². The van der Waals surface area contributed by atoms with E-state index in [0.717, 1.165) is 24.4 Å². The molecular formula is C16H16ClNO. The lowest BCUT2D eigenvalue weighted by Crippen LogP contribution is -2.18. The molecule has 0 bridgehead atoms. The lowest BCUT2D eigenvalue weighted by molar-refractivity contribution is 0.474. The molecule has 98 valence electrons. The van der Waals surface area contributed by atoms with E-state index >= 15 is 0 Å². The van der Waals surface area contributed by atoms with Crippen molar-refractivity contribution in [3.05, 3.63) is 64.2 Å². The predicted octanol–water partition coefficient (Wildman–Crippen LogP) is 3.82. The van der Waals surface area contributed by atoms with Gasteiger partial charge >= 0.3 is 0 Å². The van der Waals surface area contributed by atoms with Gasteiger partial charge in [0.05, 0.1) is 0 Å². The third kappa shape index (κ3) is 2.75. The van der Waals surface area contributed by atoms with Crippen molar-refractivity contribution >= 4 is 11.6 Å². The first-order chi connectivity index (χ1) is 9.22. The van der Waals surface area contributed by atoms with Crippen molar-refractivity contribution in [2.75, 3.05) is 0 Å². The van der Waals surface area contributed by atoms with Crippen molar-refractivity contribution in [2.45, 2.75) is 25.4 Å². The molecule has 0 aliphatic heterocycles. The molecule has 2 nitrogen and oxygen atoms in total. The van der Waals surface area contributed by atoms with Gasteiger partial charge in [-0.2, -0.15) is 0 Å². The van der Waals surface area contributed by atoms with Crippen LogP contribution in [0.2, 0.25) is 5.02 Å². The summed E-state index contributed by atoms with van der Waals surface area (Å²) in [4.78, 5) is 0. The third-order valence-corrected chi connectivity index (χ3v) is 3.91. The average Bonchev–Trinajstić information content (AvgIpc) is 2.80. The summed E-state index contributed by atoms with van der Waals surface area (Å²) >= 11 is 6.01. The topological polar surface area (TPSA) is 32.3 Å². The van der Waals surface area contributed by atoms with Crippen LogP contribution < -0.4 is 5.32 Å². The van der Waals surface area contributed by atoms with Crippen LogP contribution in [0.3, 0.4) is 0 Å². The van der Waals surface area contributed by atoms with Gasteiger partial charge in [-0.15, -0.1) is 0 Å². The second-order valence-corrected chi connectivity index (χ2v) is 5.42. The molecule has 1 aliphatic carbocycles. The molecule has 0 heterocycles. The minimum absolute atomic E-state index is 0.310. The van der Waals surface area contributed by atoms with Gasteiger partial charge in [0.15, 0.2) is 0 Å². The van der Waals surface area contributed by atoms with Crippen molar-refractivity contribution in [3.63, 3.8) is 0 Å². The first-order valence-electron chi connectivity index (χ1n) is 6.52. The molecule has 0 radical (unpaired) electrons. The Kier molecular flexibility index (Phi) is 3.45. The molecule has 0 fully saturated rings. The smallest absolute Gasteiger partial charge is 0.115 e. The monoisotopic (exact) mass is 273 g/mol. The van der Waals surface area contributed by atoms with Gasteiger partial charge in [-0.1, -0.05) is 29.8 Å². The number of hydrogen-bond acceptors (Lipinski definition) is 2. The average molecular weight is 274 g/mol. The van der Waals surface area contributed by atoms with E-state index in [1.54, 1.807) is 12.1 Å². The zero-order chi connectivity index (χ0) is 13.2. The van der Waals surface area contributed by atoms with Crippen LogP contribution in [-0.4, -0.2) is 5.11 Å². The second-order valence-electron chi connectivity index (χ2n) is 4.98.